The van der Waals surface area contributed by atoms with Crippen molar-refractivity contribution in [2.24, 2.45) is 5.92 Å². The molecule has 3 aliphatic carbocycles. The Kier molecular flexibility index (Phi) is 5.27. The summed E-state index contributed by atoms with van der Waals surface area (Å²) in [5.74, 6) is 1.40. The second-order valence-electron chi connectivity index (χ2n) is 12.5. The predicted molar refractivity (Wildman–Crippen MR) is 132 cm³/mol. The first-order chi connectivity index (χ1) is 16.6. The van der Waals surface area contributed by atoms with E-state index in [-0.39, 0.29) is 34.9 Å². The Morgan fingerprint density at radius 3 is 2.74 bits per heavy atom. The fourth-order valence-corrected chi connectivity index (χ4v) is 7.82. The smallest absolute Gasteiger partial charge is 0.323 e. The highest BCUT2D eigenvalue weighted by atomic mass is 16.6. The van der Waals surface area contributed by atoms with Gasteiger partial charge in [-0.2, -0.15) is 0 Å². The van der Waals surface area contributed by atoms with Crippen LogP contribution < -0.4 is 10.1 Å². The number of phenols is 1. The highest BCUT2D eigenvalue weighted by molar-refractivity contribution is 5.75. The zero-order valence-corrected chi connectivity index (χ0v) is 21.7. The summed E-state index contributed by atoms with van der Waals surface area (Å²) in [4.78, 5) is 15.5. The third-order valence-electron chi connectivity index (χ3n) is 9.31. The van der Waals surface area contributed by atoms with Gasteiger partial charge in [0.05, 0.1) is 11.0 Å². The van der Waals surface area contributed by atoms with Crippen LogP contribution in [0.4, 0.5) is 0 Å². The molecule has 192 valence electrons. The van der Waals surface area contributed by atoms with Crippen molar-refractivity contribution < 1.29 is 24.1 Å². The average molecular weight is 485 g/mol. The summed E-state index contributed by atoms with van der Waals surface area (Å²) in [6.07, 6.45) is 6.04. The largest absolute Gasteiger partial charge is 0.504 e. The molecule has 6 rings (SSSR count). The Morgan fingerprint density at radius 1 is 1.29 bits per heavy atom. The summed E-state index contributed by atoms with van der Waals surface area (Å²) in [5, 5.41) is 14.4. The molecule has 5 aliphatic rings. The molecule has 7 heteroatoms. The fourth-order valence-electron chi connectivity index (χ4n) is 7.82. The van der Waals surface area contributed by atoms with Gasteiger partial charge in [0.15, 0.2) is 11.5 Å². The number of ether oxygens (including phenoxy) is 3. The van der Waals surface area contributed by atoms with Crippen molar-refractivity contribution in [3.05, 3.63) is 23.3 Å². The highest BCUT2D eigenvalue weighted by Gasteiger charge is 2.73. The van der Waals surface area contributed by atoms with E-state index < -0.39 is 11.6 Å². The van der Waals surface area contributed by atoms with Gasteiger partial charge < -0.3 is 19.3 Å². The number of phenolic OH excluding ortho intramolecular Hbond substituents is 1. The molecule has 0 radical (unpaired) electrons. The van der Waals surface area contributed by atoms with E-state index in [1.165, 1.54) is 18.4 Å². The lowest BCUT2D eigenvalue weighted by Gasteiger charge is -2.65. The molecule has 2 unspecified atom stereocenters. The summed E-state index contributed by atoms with van der Waals surface area (Å²) < 4.78 is 19.0. The van der Waals surface area contributed by atoms with Gasteiger partial charge in [-0.1, -0.05) is 6.07 Å². The van der Waals surface area contributed by atoms with Gasteiger partial charge in [0.1, 0.15) is 17.7 Å². The van der Waals surface area contributed by atoms with Crippen molar-refractivity contribution in [2.45, 2.75) is 107 Å². The van der Waals surface area contributed by atoms with Gasteiger partial charge in [-0.3, -0.25) is 15.0 Å². The minimum atomic E-state index is -0.532. The third kappa shape index (κ3) is 3.37. The Morgan fingerprint density at radius 2 is 2.06 bits per heavy atom. The number of hydrogen-bond donors (Lipinski definition) is 2. The van der Waals surface area contributed by atoms with Crippen LogP contribution in [0.2, 0.25) is 0 Å². The first-order valence-corrected chi connectivity index (χ1v) is 13.4. The summed E-state index contributed by atoms with van der Waals surface area (Å²) in [5.41, 5.74) is 1.18. The van der Waals surface area contributed by atoms with Gasteiger partial charge in [-0.05, 0) is 90.3 Å². The number of nitrogens with one attached hydrogen (secondary N) is 1. The number of methoxy groups -OCH3 is 1. The van der Waals surface area contributed by atoms with Gasteiger partial charge in [0.25, 0.3) is 0 Å². The van der Waals surface area contributed by atoms with E-state index in [1.807, 2.05) is 34.8 Å². The lowest BCUT2D eigenvalue weighted by Crippen LogP contribution is -2.79. The maximum absolute atomic E-state index is 12.8. The summed E-state index contributed by atoms with van der Waals surface area (Å²) in [7, 11) is 1.87. The Bertz CT molecular complexity index is 1030. The molecule has 2 bridgehead atoms. The maximum Gasteiger partial charge on any atom is 0.323 e. The number of rotatable bonds is 6. The molecular formula is C28H40N2O5. The van der Waals surface area contributed by atoms with E-state index in [4.69, 9.17) is 14.2 Å². The molecule has 2 N–H and O–H groups in total. The topological polar surface area (TPSA) is 80.3 Å². The zero-order chi connectivity index (χ0) is 24.8. The number of likely N-dealkylation sites (tertiary alicyclic amines) is 1. The SMILES string of the molecule is CO[C@@]12CCC(N[C@@H](C)C(=O)OC(C)(C)C)[C@@H]3Oc4c(O)ccc5c4[C@@]31CCN(CC1CC1)C2C5. The lowest BCUT2D eigenvalue weighted by molar-refractivity contribution is -0.208. The number of esters is 1. The Balaban J connectivity index is 1.39. The van der Waals surface area contributed by atoms with Crippen LogP contribution in [0.15, 0.2) is 12.1 Å². The number of nitrogens with zero attached hydrogens (tertiary/aromatic N) is 1. The number of piperidine rings is 1. The standard InChI is InChI=1S/C28H40N2O5/c1-16(25(32)35-26(2,3)4)29-19-10-11-28(33-5)21-14-18-8-9-20(31)23-22(18)27(28,24(19)34-23)12-13-30(21)15-17-6-7-17/h8-9,16-17,19,21,24,29,31H,6-7,10-15H2,1-5H3/t16-,19?,21?,24-,27-,28+/m0/s1. The Labute approximate surface area is 208 Å². The van der Waals surface area contributed by atoms with E-state index in [2.05, 4.69) is 16.3 Å². The van der Waals surface area contributed by atoms with Crippen LogP contribution in [0.1, 0.15) is 70.9 Å². The Hall–Kier alpha value is -1.83. The minimum Gasteiger partial charge on any atom is -0.504 e. The van der Waals surface area contributed by atoms with Gasteiger partial charge >= 0.3 is 5.97 Å². The molecule has 1 saturated heterocycles. The third-order valence-corrected chi connectivity index (χ3v) is 9.31. The van der Waals surface area contributed by atoms with Crippen LogP contribution in [0.5, 0.6) is 11.5 Å². The number of carbonyl (C=O) groups excluding carboxylic acids is 1. The number of aromatic hydroxyl groups is 1. The quantitative estimate of drug-likeness (QED) is 0.600. The van der Waals surface area contributed by atoms with E-state index in [1.54, 1.807) is 6.07 Å². The molecular weight excluding hydrogens is 444 g/mol. The van der Waals surface area contributed by atoms with Crippen molar-refractivity contribution >= 4 is 5.97 Å². The van der Waals surface area contributed by atoms with Crippen LogP contribution in [-0.4, -0.2) is 71.6 Å². The van der Waals surface area contributed by atoms with E-state index in [0.29, 0.717) is 11.8 Å². The zero-order valence-electron chi connectivity index (χ0n) is 21.7. The van der Waals surface area contributed by atoms with Crippen LogP contribution in [0, 0.1) is 5.92 Å². The second kappa shape index (κ2) is 7.83. The lowest BCUT2D eigenvalue weighted by atomic mass is 9.48. The first kappa shape index (κ1) is 23.6. The molecule has 2 aliphatic heterocycles. The van der Waals surface area contributed by atoms with Gasteiger partial charge in [-0.25, -0.2) is 0 Å². The number of hydrogen-bond acceptors (Lipinski definition) is 7. The second-order valence-corrected chi connectivity index (χ2v) is 12.5. The van der Waals surface area contributed by atoms with Crippen molar-refractivity contribution in [1.29, 1.82) is 0 Å². The molecule has 0 aromatic heterocycles. The maximum atomic E-state index is 12.8. The number of carbonyl (C=O) groups is 1. The van der Waals surface area contributed by atoms with Gasteiger partial charge in [-0.15, -0.1) is 0 Å². The molecule has 2 heterocycles. The molecule has 1 aromatic carbocycles. The van der Waals surface area contributed by atoms with Crippen molar-refractivity contribution in [2.75, 3.05) is 20.2 Å². The number of benzene rings is 1. The van der Waals surface area contributed by atoms with E-state index in [0.717, 1.165) is 50.3 Å². The van der Waals surface area contributed by atoms with Gasteiger partial charge in [0.2, 0.25) is 0 Å². The monoisotopic (exact) mass is 484 g/mol. The van der Waals surface area contributed by atoms with Crippen LogP contribution in [-0.2, 0) is 26.1 Å². The highest BCUT2D eigenvalue weighted by Crippen LogP contribution is 2.66. The molecule has 0 amide bonds. The van der Waals surface area contributed by atoms with Gasteiger partial charge in [0, 0.05) is 31.3 Å². The molecule has 1 aromatic rings. The summed E-state index contributed by atoms with van der Waals surface area (Å²) in [6.45, 7) is 9.70. The summed E-state index contributed by atoms with van der Waals surface area (Å²) >= 11 is 0. The molecule has 35 heavy (non-hydrogen) atoms. The molecule has 6 atom stereocenters. The molecule has 7 nitrogen and oxygen atoms in total. The molecule has 3 fully saturated rings. The van der Waals surface area contributed by atoms with Crippen LogP contribution in [0.25, 0.3) is 0 Å². The minimum absolute atomic E-state index is 0.0471. The summed E-state index contributed by atoms with van der Waals surface area (Å²) in [6, 6.07) is 3.67. The average Bonchev–Trinajstić information content (AvgIpc) is 3.54. The van der Waals surface area contributed by atoms with Crippen molar-refractivity contribution in [1.82, 2.24) is 10.2 Å². The first-order valence-electron chi connectivity index (χ1n) is 13.4. The normalized spacial score (nSPS) is 36.3. The van der Waals surface area contributed by atoms with E-state index in [9.17, 15) is 9.90 Å². The van der Waals surface area contributed by atoms with Crippen molar-refractivity contribution in [3.63, 3.8) is 0 Å². The molecule has 1 spiro atoms. The van der Waals surface area contributed by atoms with Crippen molar-refractivity contribution in [3.8, 4) is 11.5 Å². The van der Waals surface area contributed by atoms with Crippen LogP contribution >= 0.6 is 0 Å². The predicted octanol–water partition coefficient (Wildman–Crippen LogP) is 3.30. The fraction of sp³-hybridized carbons (Fsp3) is 0.750. The molecule has 2 saturated carbocycles. The van der Waals surface area contributed by atoms with Crippen LogP contribution in [0.3, 0.4) is 0 Å². The van der Waals surface area contributed by atoms with E-state index >= 15 is 0 Å².